The van der Waals surface area contributed by atoms with E-state index in [-0.39, 0.29) is 5.82 Å². The lowest BCUT2D eigenvalue weighted by atomic mass is 10.0. The molecule has 0 aliphatic carbocycles. The Morgan fingerprint density at radius 1 is 1.31 bits per heavy atom. The van der Waals surface area contributed by atoms with Crippen molar-refractivity contribution in [2.24, 2.45) is 0 Å². The van der Waals surface area contributed by atoms with Gasteiger partial charge in [-0.05, 0) is 58.2 Å². The third-order valence-electron chi connectivity index (χ3n) is 2.24. The Labute approximate surface area is 101 Å². The topological polar surface area (TPSA) is 33.4 Å². The van der Waals surface area contributed by atoms with Crippen LogP contribution in [0.1, 0.15) is 23.0 Å². The predicted octanol–water partition coefficient (Wildman–Crippen LogP) is 3.57. The molecule has 0 saturated carbocycles. The summed E-state index contributed by atoms with van der Waals surface area (Å²) in [7, 11) is 0. The minimum atomic E-state index is -0.944. The van der Waals surface area contributed by atoms with Crippen molar-refractivity contribution in [2.45, 2.75) is 13.0 Å². The van der Waals surface area contributed by atoms with E-state index in [1.54, 1.807) is 25.1 Å². The zero-order valence-corrected chi connectivity index (χ0v) is 10.2. The van der Waals surface area contributed by atoms with Crippen molar-refractivity contribution < 1.29 is 13.9 Å². The van der Waals surface area contributed by atoms with E-state index in [1.165, 1.54) is 12.1 Å². The molecular weight excluding hydrogens is 275 g/mol. The van der Waals surface area contributed by atoms with E-state index in [2.05, 4.69) is 15.9 Å². The van der Waals surface area contributed by atoms with Crippen LogP contribution in [-0.2, 0) is 0 Å². The summed E-state index contributed by atoms with van der Waals surface area (Å²) in [6.45, 7) is 1.78. The third kappa shape index (κ3) is 2.33. The van der Waals surface area contributed by atoms with Gasteiger partial charge < -0.3 is 9.52 Å². The molecule has 0 spiro atoms. The number of aryl methyl sites for hydroxylation is 1. The second-order valence-electron chi connectivity index (χ2n) is 3.61. The molecule has 0 aliphatic rings. The van der Waals surface area contributed by atoms with Crippen LogP contribution in [0.5, 0.6) is 0 Å². The average molecular weight is 285 g/mol. The quantitative estimate of drug-likeness (QED) is 0.915. The fourth-order valence-corrected chi connectivity index (χ4v) is 1.88. The van der Waals surface area contributed by atoms with Crippen molar-refractivity contribution in [1.82, 2.24) is 0 Å². The van der Waals surface area contributed by atoms with E-state index in [9.17, 15) is 9.50 Å². The fourth-order valence-electron chi connectivity index (χ4n) is 1.56. The maximum absolute atomic E-state index is 13.2. The highest BCUT2D eigenvalue weighted by Gasteiger charge is 2.15. The van der Waals surface area contributed by atoms with Gasteiger partial charge in [-0.2, -0.15) is 0 Å². The van der Waals surface area contributed by atoms with Crippen LogP contribution in [0.4, 0.5) is 4.39 Å². The Morgan fingerprint density at radius 2 is 2.06 bits per heavy atom. The van der Waals surface area contributed by atoms with Crippen LogP contribution in [0.2, 0.25) is 0 Å². The molecule has 0 amide bonds. The standard InChI is InChI=1S/C12H10BrFO2/c1-7-4-8(6-9(14)5-7)12(15)10-2-3-11(13)16-10/h2-6,12,15H,1H3. The normalized spacial score (nSPS) is 12.8. The summed E-state index contributed by atoms with van der Waals surface area (Å²) in [5.74, 6) is 0.0246. The minimum Gasteiger partial charge on any atom is -0.451 e. The van der Waals surface area contributed by atoms with Crippen LogP contribution in [0.25, 0.3) is 0 Å². The summed E-state index contributed by atoms with van der Waals surface area (Å²) in [6.07, 6.45) is -0.944. The molecule has 16 heavy (non-hydrogen) atoms. The SMILES string of the molecule is Cc1cc(F)cc(C(O)c2ccc(Br)o2)c1. The minimum absolute atomic E-state index is 0.361. The van der Waals surface area contributed by atoms with Crippen molar-refractivity contribution in [1.29, 1.82) is 0 Å². The number of hydrogen-bond acceptors (Lipinski definition) is 2. The van der Waals surface area contributed by atoms with Crippen molar-refractivity contribution in [3.63, 3.8) is 0 Å². The van der Waals surface area contributed by atoms with Gasteiger partial charge in [0.1, 0.15) is 17.7 Å². The molecule has 0 bridgehead atoms. The first-order valence-corrected chi connectivity index (χ1v) is 5.56. The Hall–Kier alpha value is -1.13. The van der Waals surface area contributed by atoms with Crippen LogP contribution in [0.3, 0.4) is 0 Å². The van der Waals surface area contributed by atoms with Gasteiger partial charge in [-0.3, -0.25) is 0 Å². The molecule has 4 heteroatoms. The number of rotatable bonds is 2. The molecule has 2 aromatic rings. The molecule has 0 saturated heterocycles. The lowest BCUT2D eigenvalue weighted by molar-refractivity contribution is 0.187. The Kier molecular flexibility index (Phi) is 3.12. The first kappa shape index (κ1) is 11.4. The lowest BCUT2D eigenvalue weighted by Gasteiger charge is -2.09. The van der Waals surface area contributed by atoms with E-state index >= 15 is 0 Å². The van der Waals surface area contributed by atoms with Crippen molar-refractivity contribution in [2.75, 3.05) is 0 Å². The number of halogens is 2. The van der Waals surface area contributed by atoms with Crippen LogP contribution < -0.4 is 0 Å². The van der Waals surface area contributed by atoms with Crippen molar-refractivity contribution in [3.8, 4) is 0 Å². The van der Waals surface area contributed by atoms with Crippen molar-refractivity contribution >= 4 is 15.9 Å². The van der Waals surface area contributed by atoms with Crippen LogP contribution in [-0.4, -0.2) is 5.11 Å². The van der Waals surface area contributed by atoms with Gasteiger partial charge in [0.05, 0.1) is 0 Å². The summed E-state index contributed by atoms with van der Waals surface area (Å²) in [5, 5.41) is 9.97. The van der Waals surface area contributed by atoms with E-state index < -0.39 is 6.10 Å². The Bertz CT molecular complexity index is 487. The summed E-state index contributed by atoms with van der Waals surface area (Å²) in [6, 6.07) is 7.77. The maximum Gasteiger partial charge on any atom is 0.169 e. The monoisotopic (exact) mass is 284 g/mol. The van der Waals surface area contributed by atoms with Gasteiger partial charge in [-0.25, -0.2) is 4.39 Å². The van der Waals surface area contributed by atoms with E-state index in [4.69, 9.17) is 4.42 Å². The number of hydrogen-bond donors (Lipinski definition) is 1. The number of aliphatic hydroxyl groups is 1. The largest absolute Gasteiger partial charge is 0.451 e. The predicted molar refractivity (Wildman–Crippen MR) is 61.6 cm³/mol. The molecule has 0 radical (unpaired) electrons. The molecule has 1 atom stereocenters. The summed E-state index contributed by atoms with van der Waals surface area (Å²) >= 11 is 3.15. The first-order chi connectivity index (χ1) is 7.56. The number of aliphatic hydroxyl groups excluding tert-OH is 1. The molecule has 1 aromatic carbocycles. The first-order valence-electron chi connectivity index (χ1n) is 4.76. The molecule has 1 heterocycles. The van der Waals surface area contributed by atoms with Gasteiger partial charge in [0.15, 0.2) is 4.67 Å². The van der Waals surface area contributed by atoms with Gasteiger partial charge in [0, 0.05) is 0 Å². The maximum atomic E-state index is 13.2. The molecule has 1 aromatic heterocycles. The van der Waals surface area contributed by atoms with Gasteiger partial charge in [0.25, 0.3) is 0 Å². The summed E-state index contributed by atoms with van der Waals surface area (Å²) in [4.78, 5) is 0. The molecule has 84 valence electrons. The summed E-state index contributed by atoms with van der Waals surface area (Å²) < 4.78 is 18.9. The zero-order valence-electron chi connectivity index (χ0n) is 8.58. The smallest absolute Gasteiger partial charge is 0.169 e. The van der Waals surface area contributed by atoms with Crippen LogP contribution >= 0.6 is 15.9 Å². The number of benzene rings is 1. The highest BCUT2D eigenvalue weighted by molar-refractivity contribution is 9.10. The van der Waals surface area contributed by atoms with Crippen LogP contribution in [0.15, 0.2) is 39.4 Å². The average Bonchev–Trinajstić information content (AvgIpc) is 2.62. The third-order valence-corrected chi connectivity index (χ3v) is 2.67. The Balaban J connectivity index is 2.37. The summed E-state index contributed by atoms with van der Waals surface area (Å²) in [5.41, 5.74) is 1.25. The second-order valence-corrected chi connectivity index (χ2v) is 4.39. The van der Waals surface area contributed by atoms with Crippen molar-refractivity contribution in [3.05, 3.63) is 57.7 Å². The zero-order chi connectivity index (χ0) is 11.7. The Morgan fingerprint density at radius 3 is 2.62 bits per heavy atom. The highest BCUT2D eigenvalue weighted by Crippen LogP contribution is 2.26. The van der Waals surface area contributed by atoms with E-state index in [0.29, 0.717) is 16.0 Å². The second kappa shape index (κ2) is 4.39. The fraction of sp³-hybridized carbons (Fsp3) is 0.167. The molecule has 0 aliphatic heterocycles. The van der Waals surface area contributed by atoms with Gasteiger partial charge >= 0.3 is 0 Å². The van der Waals surface area contributed by atoms with Gasteiger partial charge in [0.2, 0.25) is 0 Å². The molecule has 0 fully saturated rings. The molecule has 2 rings (SSSR count). The molecule has 1 N–H and O–H groups in total. The van der Waals surface area contributed by atoms with E-state index in [1.807, 2.05) is 0 Å². The molecule has 2 nitrogen and oxygen atoms in total. The highest BCUT2D eigenvalue weighted by atomic mass is 79.9. The van der Waals surface area contributed by atoms with Gasteiger partial charge in [-0.15, -0.1) is 0 Å². The number of furan rings is 1. The van der Waals surface area contributed by atoms with E-state index in [0.717, 1.165) is 5.56 Å². The van der Waals surface area contributed by atoms with Crippen LogP contribution in [0, 0.1) is 12.7 Å². The lowest BCUT2D eigenvalue weighted by Crippen LogP contribution is -1.99. The molecule has 1 unspecified atom stereocenters. The van der Waals surface area contributed by atoms with Gasteiger partial charge in [-0.1, -0.05) is 6.07 Å². The molecular formula is C12H10BrFO2.